The van der Waals surface area contributed by atoms with Gasteiger partial charge in [0.1, 0.15) is 5.75 Å². The van der Waals surface area contributed by atoms with Crippen molar-refractivity contribution in [3.63, 3.8) is 0 Å². The molecule has 6 nitrogen and oxygen atoms in total. The van der Waals surface area contributed by atoms with Crippen LogP contribution in [0, 0.1) is 5.82 Å². The van der Waals surface area contributed by atoms with Gasteiger partial charge in [-0.2, -0.15) is 13.2 Å². The summed E-state index contributed by atoms with van der Waals surface area (Å²) in [6, 6.07) is 6.90. The van der Waals surface area contributed by atoms with E-state index in [4.69, 9.17) is 9.47 Å². The molecule has 236 valence electrons. The first-order valence-corrected chi connectivity index (χ1v) is 13.1. The highest BCUT2D eigenvalue weighted by atomic mass is 35.5. The summed E-state index contributed by atoms with van der Waals surface area (Å²) in [6.07, 6.45) is -4.70. The zero-order chi connectivity index (χ0) is 29.1. The first kappa shape index (κ1) is 35.8. The maximum Gasteiger partial charge on any atom is 0.416 e. The lowest BCUT2D eigenvalue weighted by molar-refractivity contribution is -0.137. The molecular weight excluding hydrogens is 611 g/mol. The average Bonchev–Trinajstić information content (AvgIpc) is 2.92. The molecule has 0 bridgehead atoms. The standard InChI is InChI=1S/C28H33F6N3O3.2ClH/c1-39-23-16-20(15-21(17-23)28(32,33)34)26(38)37-12-11-36(10-9-35-7-5-27(30,31)6-8-35)18-22(37)13-19-3-4-24(29)25(14-19)40-2;;/h3-4,14-17,22H,5-13,18H2,1-2H3;2*1H/t22-;;/m1../s1. The van der Waals surface area contributed by atoms with Crippen molar-refractivity contribution < 1.29 is 40.6 Å². The molecule has 0 N–H and O–H groups in total. The number of hydrogen-bond acceptors (Lipinski definition) is 5. The summed E-state index contributed by atoms with van der Waals surface area (Å²) in [7, 11) is 2.58. The number of amides is 1. The molecule has 14 heteroatoms. The maximum atomic E-state index is 14.0. The van der Waals surface area contributed by atoms with Crippen LogP contribution in [0.1, 0.15) is 34.3 Å². The number of halogens is 8. The molecule has 1 amide bonds. The fraction of sp³-hybridized carbons (Fsp3) is 0.536. The number of likely N-dealkylation sites (tertiary alicyclic amines) is 1. The van der Waals surface area contributed by atoms with E-state index >= 15 is 0 Å². The van der Waals surface area contributed by atoms with Crippen LogP contribution in [0.25, 0.3) is 0 Å². The number of benzene rings is 2. The molecule has 0 spiro atoms. The molecule has 0 unspecified atom stereocenters. The molecule has 0 aliphatic carbocycles. The Bertz CT molecular complexity index is 1190. The number of piperazine rings is 1. The van der Waals surface area contributed by atoms with Gasteiger partial charge in [-0.15, -0.1) is 24.8 Å². The molecule has 1 atom stereocenters. The molecule has 0 radical (unpaired) electrons. The summed E-state index contributed by atoms with van der Waals surface area (Å²) in [5.74, 6) is -3.76. The SMILES string of the molecule is COc1cc(C(=O)N2CCN(CCN3CCC(F)(F)CC3)C[C@H]2Cc2ccc(F)c(OC)c2)cc(C(F)(F)F)c1.Cl.Cl. The van der Waals surface area contributed by atoms with Crippen molar-refractivity contribution in [1.29, 1.82) is 0 Å². The van der Waals surface area contributed by atoms with Crippen molar-refractivity contribution >= 4 is 30.7 Å². The van der Waals surface area contributed by atoms with E-state index in [1.54, 1.807) is 11.0 Å². The molecule has 2 fully saturated rings. The van der Waals surface area contributed by atoms with E-state index in [-0.39, 0.29) is 61.3 Å². The third-order valence-electron chi connectivity index (χ3n) is 7.55. The molecule has 2 heterocycles. The Kier molecular flexibility index (Phi) is 12.7. The van der Waals surface area contributed by atoms with Crippen molar-refractivity contribution in [2.24, 2.45) is 0 Å². The Morgan fingerprint density at radius 2 is 1.60 bits per heavy atom. The van der Waals surface area contributed by atoms with Crippen LogP contribution in [0.15, 0.2) is 36.4 Å². The second kappa shape index (κ2) is 14.9. The van der Waals surface area contributed by atoms with Crippen LogP contribution >= 0.6 is 24.8 Å². The lowest BCUT2D eigenvalue weighted by Crippen LogP contribution is -2.57. The number of piperidine rings is 1. The van der Waals surface area contributed by atoms with E-state index in [0.717, 1.165) is 12.1 Å². The molecule has 2 aromatic rings. The van der Waals surface area contributed by atoms with Gasteiger partial charge in [0.2, 0.25) is 0 Å². The number of rotatable bonds is 8. The number of methoxy groups -OCH3 is 2. The summed E-state index contributed by atoms with van der Waals surface area (Å²) in [4.78, 5) is 19.3. The Hall–Kier alpha value is -2.41. The monoisotopic (exact) mass is 645 g/mol. The van der Waals surface area contributed by atoms with Gasteiger partial charge in [-0.3, -0.25) is 9.69 Å². The van der Waals surface area contributed by atoms with Gasteiger partial charge < -0.3 is 19.3 Å². The third kappa shape index (κ3) is 9.05. The lowest BCUT2D eigenvalue weighted by Gasteiger charge is -2.42. The first-order valence-electron chi connectivity index (χ1n) is 13.1. The summed E-state index contributed by atoms with van der Waals surface area (Å²) in [5.41, 5.74) is -0.431. The van der Waals surface area contributed by atoms with Crippen molar-refractivity contribution in [3.8, 4) is 11.5 Å². The quantitative estimate of drug-likeness (QED) is 0.340. The highest BCUT2D eigenvalue weighted by Gasteiger charge is 2.36. The van der Waals surface area contributed by atoms with Gasteiger partial charge in [-0.25, -0.2) is 13.2 Å². The van der Waals surface area contributed by atoms with Gasteiger partial charge in [0.15, 0.2) is 11.6 Å². The van der Waals surface area contributed by atoms with E-state index in [1.807, 2.05) is 4.90 Å². The fourth-order valence-electron chi connectivity index (χ4n) is 5.22. The van der Waals surface area contributed by atoms with E-state index in [9.17, 15) is 31.1 Å². The van der Waals surface area contributed by atoms with Crippen LogP contribution in [-0.4, -0.2) is 92.6 Å². The van der Waals surface area contributed by atoms with Crippen LogP contribution in [0.3, 0.4) is 0 Å². The second-order valence-corrected chi connectivity index (χ2v) is 10.3. The minimum absolute atomic E-state index is 0. The number of hydrogen-bond donors (Lipinski definition) is 0. The predicted octanol–water partition coefficient (Wildman–Crippen LogP) is 5.81. The van der Waals surface area contributed by atoms with E-state index in [2.05, 4.69) is 4.90 Å². The molecule has 2 aromatic carbocycles. The Balaban J connectivity index is 0.00000308. The number of carbonyl (C=O) groups is 1. The largest absolute Gasteiger partial charge is 0.497 e. The summed E-state index contributed by atoms with van der Waals surface area (Å²) in [6.45, 7) is 2.92. The first-order chi connectivity index (χ1) is 18.9. The topological polar surface area (TPSA) is 45.2 Å². The van der Waals surface area contributed by atoms with E-state index in [1.165, 1.54) is 32.4 Å². The summed E-state index contributed by atoms with van der Waals surface area (Å²) >= 11 is 0. The lowest BCUT2D eigenvalue weighted by atomic mass is 9.99. The normalized spacial score (nSPS) is 19.4. The predicted molar refractivity (Wildman–Crippen MR) is 151 cm³/mol. The zero-order valence-corrected chi connectivity index (χ0v) is 24.9. The number of carbonyl (C=O) groups excluding carboxylic acids is 1. The van der Waals surface area contributed by atoms with Gasteiger partial charge >= 0.3 is 6.18 Å². The third-order valence-corrected chi connectivity index (χ3v) is 7.55. The van der Waals surface area contributed by atoms with Gasteiger partial charge in [0, 0.05) is 70.3 Å². The van der Waals surface area contributed by atoms with Crippen molar-refractivity contribution in [2.75, 3.05) is 60.0 Å². The van der Waals surface area contributed by atoms with Gasteiger partial charge in [0.05, 0.1) is 19.8 Å². The van der Waals surface area contributed by atoms with Crippen LogP contribution in [0.4, 0.5) is 26.3 Å². The molecule has 0 aromatic heterocycles. The molecule has 2 saturated heterocycles. The molecule has 2 aliphatic rings. The molecule has 4 rings (SSSR count). The summed E-state index contributed by atoms with van der Waals surface area (Å²) in [5, 5.41) is 0. The van der Waals surface area contributed by atoms with Crippen LogP contribution in [-0.2, 0) is 12.6 Å². The minimum atomic E-state index is -4.66. The smallest absolute Gasteiger partial charge is 0.416 e. The summed E-state index contributed by atoms with van der Waals surface area (Å²) < 4.78 is 91.7. The van der Waals surface area contributed by atoms with Gasteiger partial charge in [0.25, 0.3) is 11.8 Å². The molecule has 42 heavy (non-hydrogen) atoms. The fourth-order valence-corrected chi connectivity index (χ4v) is 5.22. The van der Waals surface area contributed by atoms with Crippen LogP contribution in [0.2, 0.25) is 0 Å². The van der Waals surface area contributed by atoms with Crippen molar-refractivity contribution in [2.45, 2.75) is 37.4 Å². The molecule has 0 saturated carbocycles. The van der Waals surface area contributed by atoms with E-state index in [0.29, 0.717) is 51.3 Å². The average molecular weight is 647 g/mol. The van der Waals surface area contributed by atoms with E-state index < -0.39 is 35.4 Å². The molecular formula is C28H35Cl2F6N3O3. The molecule has 2 aliphatic heterocycles. The highest BCUT2D eigenvalue weighted by molar-refractivity contribution is 5.95. The number of nitrogens with zero attached hydrogens (tertiary/aromatic N) is 3. The zero-order valence-electron chi connectivity index (χ0n) is 23.3. The number of ether oxygens (including phenoxy) is 2. The Labute approximate surface area is 253 Å². The van der Waals surface area contributed by atoms with Crippen molar-refractivity contribution in [1.82, 2.24) is 14.7 Å². The van der Waals surface area contributed by atoms with Gasteiger partial charge in [-0.1, -0.05) is 6.07 Å². The highest BCUT2D eigenvalue weighted by Crippen LogP contribution is 2.34. The number of alkyl halides is 5. The Morgan fingerprint density at radius 3 is 2.21 bits per heavy atom. The van der Waals surface area contributed by atoms with Crippen molar-refractivity contribution in [3.05, 3.63) is 58.9 Å². The van der Waals surface area contributed by atoms with Crippen LogP contribution < -0.4 is 9.47 Å². The van der Waals surface area contributed by atoms with Crippen LogP contribution in [0.5, 0.6) is 11.5 Å². The second-order valence-electron chi connectivity index (χ2n) is 10.3. The Morgan fingerprint density at radius 1 is 0.929 bits per heavy atom. The maximum absolute atomic E-state index is 14.0. The minimum Gasteiger partial charge on any atom is -0.497 e. The van der Waals surface area contributed by atoms with Gasteiger partial charge in [-0.05, 0) is 42.3 Å².